The third-order valence-electron chi connectivity index (χ3n) is 3.81. The maximum Gasteiger partial charge on any atom is 0.411 e. The average molecular weight is 384 g/mol. The highest BCUT2D eigenvalue weighted by Crippen LogP contribution is 2.20. The van der Waals surface area contributed by atoms with Crippen molar-refractivity contribution in [2.24, 2.45) is 0 Å². The minimum absolute atomic E-state index is 0.00670. The van der Waals surface area contributed by atoms with Crippen LogP contribution < -0.4 is 0 Å². The zero-order valence-electron chi connectivity index (χ0n) is 13.5. The lowest BCUT2D eigenvalue weighted by Gasteiger charge is -2.34. The highest BCUT2D eigenvalue weighted by molar-refractivity contribution is 7.89. The molecule has 0 amide bonds. The molecule has 1 aromatic rings. The Labute approximate surface area is 144 Å². The number of ether oxygens (including phenoxy) is 1. The molecule has 0 N–H and O–H groups in total. The summed E-state index contributed by atoms with van der Waals surface area (Å²) in [5, 5.41) is 0. The van der Waals surface area contributed by atoms with Crippen LogP contribution in [0.1, 0.15) is 6.42 Å². The van der Waals surface area contributed by atoms with Crippen LogP contribution in [0.3, 0.4) is 0 Å². The van der Waals surface area contributed by atoms with E-state index in [4.69, 9.17) is 0 Å². The monoisotopic (exact) mass is 384 g/mol. The molecule has 0 unspecified atom stereocenters. The number of sulfonamides is 1. The number of benzene rings is 1. The van der Waals surface area contributed by atoms with Crippen LogP contribution in [-0.2, 0) is 14.8 Å². The molecule has 1 heterocycles. The first kappa shape index (κ1) is 20.1. The molecule has 25 heavy (non-hydrogen) atoms. The smallest absolute Gasteiger partial charge is 0.372 e. The molecular weight excluding hydrogens is 364 g/mol. The van der Waals surface area contributed by atoms with E-state index in [-0.39, 0.29) is 24.6 Å². The predicted molar refractivity (Wildman–Crippen MR) is 83.1 cm³/mol. The van der Waals surface area contributed by atoms with Crippen LogP contribution in [-0.4, -0.2) is 69.7 Å². The average Bonchev–Trinajstić information content (AvgIpc) is 2.54. The maximum absolute atomic E-state index is 13.7. The summed E-state index contributed by atoms with van der Waals surface area (Å²) in [5.74, 6) is -0.785. The molecule has 0 radical (unpaired) electrons. The Balaban J connectivity index is 1.77. The molecule has 5 nitrogen and oxygen atoms in total. The number of nitrogens with zero attached hydrogens (tertiary/aromatic N) is 2. The molecule has 1 aromatic carbocycles. The Kier molecular flexibility index (Phi) is 6.78. The summed E-state index contributed by atoms with van der Waals surface area (Å²) >= 11 is 0. The highest BCUT2D eigenvalue weighted by Gasteiger charge is 2.30. The van der Waals surface area contributed by atoms with Crippen LogP contribution in [0.4, 0.5) is 17.6 Å². The van der Waals surface area contributed by atoms with Gasteiger partial charge in [-0.1, -0.05) is 12.1 Å². The van der Waals surface area contributed by atoms with Crippen LogP contribution in [0.5, 0.6) is 0 Å². The van der Waals surface area contributed by atoms with E-state index in [1.165, 1.54) is 22.5 Å². The molecule has 2 rings (SSSR count). The molecule has 1 aliphatic rings. The van der Waals surface area contributed by atoms with Crippen molar-refractivity contribution >= 4 is 10.0 Å². The largest absolute Gasteiger partial charge is 0.411 e. The Hall–Kier alpha value is -1.23. The molecule has 0 spiro atoms. The summed E-state index contributed by atoms with van der Waals surface area (Å²) in [6, 6.07) is 5.22. The summed E-state index contributed by atoms with van der Waals surface area (Å²) in [7, 11) is -3.88. The van der Waals surface area contributed by atoms with Crippen LogP contribution >= 0.6 is 0 Å². The van der Waals surface area contributed by atoms with Crippen molar-refractivity contribution < 1.29 is 30.7 Å². The Morgan fingerprint density at radius 3 is 2.32 bits per heavy atom. The van der Waals surface area contributed by atoms with Crippen molar-refractivity contribution in [3.05, 3.63) is 30.1 Å². The minimum atomic E-state index is -4.33. The van der Waals surface area contributed by atoms with Crippen LogP contribution in [0.15, 0.2) is 29.2 Å². The van der Waals surface area contributed by atoms with E-state index in [1.807, 2.05) is 4.90 Å². The zero-order valence-corrected chi connectivity index (χ0v) is 14.3. The number of rotatable bonds is 7. The predicted octanol–water partition coefficient (Wildman–Crippen LogP) is 2.10. The Bertz CT molecular complexity index is 659. The number of piperazine rings is 1. The SMILES string of the molecule is O=S(=O)(c1ccccc1F)N1CCN(CCCOCC(F)(F)F)CC1. The van der Waals surface area contributed by atoms with Crippen molar-refractivity contribution in [2.75, 3.05) is 45.9 Å². The van der Waals surface area contributed by atoms with Crippen LogP contribution in [0, 0.1) is 5.82 Å². The summed E-state index contributed by atoms with van der Waals surface area (Å²) in [6.45, 7) is 0.542. The van der Waals surface area contributed by atoms with Crippen molar-refractivity contribution in [1.29, 1.82) is 0 Å². The third kappa shape index (κ3) is 5.91. The molecule has 1 aliphatic heterocycles. The minimum Gasteiger partial charge on any atom is -0.372 e. The summed E-state index contributed by atoms with van der Waals surface area (Å²) in [4.78, 5) is 1.61. The number of halogens is 4. The van der Waals surface area contributed by atoms with Crippen molar-refractivity contribution in [3.63, 3.8) is 0 Å². The third-order valence-corrected chi connectivity index (χ3v) is 5.75. The summed E-state index contributed by atoms with van der Waals surface area (Å²) < 4.78 is 80.2. The van der Waals surface area contributed by atoms with Gasteiger partial charge in [-0.05, 0) is 18.6 Å². The van der Waals surface area contributed by atoms with Gasteiger partial charge in [-0.2, -0.15) is 17.5 Å². The summed E-state index contributed by atoms with van der Waals surface area (Å²) in [5.41, 5.74) is 0. The number of alkyl halides is 3. The molecule has 0 aromatic heterocycles. The second-order valence-electron chi connectivity index (χ2n) is 5.70. The molecule has 0 atom stereocenters. The van der Waals surface area contributed by atoms with Gasteiger partial charge in [0, 0.05) is 39.3 Å². The Morgan fingerprint density at radius 1 is 1.08 bits per heavy atom. The number of hydrogen-bond donors (Lipinski definition) is 0. The van der Waals surface area contributed by atoms with Gasteiger partial charge in [0.05, 0.1) is 0 Å². The molecule has 10 heteroatoms. The van der Waals surface area contributed by atoms with E-state index in [2.05, 4.69) is 4.74 Å². The topological polar surface area (TPSA) is 49.9 Å². The van der Waals surface area contributed by atoms with Gasteiger partial charge in [-0.25, -0.2) is 12.8 Å². The number of hydrogen-bond acceptors (Lipinski definition) is 4. The van der Waals surface area contributed by atoms with E-state index < -0.39 is 28.6 Å². The van der Waals surface area contributed by atoms with E-state index in [0.29, 0.717) is 26.1 Å². The quantitative estimate of drug-likeness (QED) is 0.534. The lowest BCUT2D eigenvalue weighted by molar-refractivity contribution is -0.174. The Morgan fingerprint density at radius 2 is 1.72 bits per heavy atom. The maximum atomic E-state index is 13.7. The normalized spacial score (nSPS) is 17.8. The van der Waals surface area contributed by atoms with E-state index in [1.54, 1.807) is 0 Å². The van der Waals surface area contributed by atoms with Gasteiger partial charge in [0.2, 0.25) is 10.0 Å². The van der Waals surface area contributed by atoms with E-state index in [0.717, 1.165) is 6.07 Å². The van der Waals surface area contributed by atoms with Gasteiger partial charge in [0.25, 0.3) is 0 Å². The second-order valence-corrected chi connectivity index (χ2v) is 7.60. The first-order chi connectivity index (χ1) is 11.7. The van der Waals surface area contributed by atoms with Gasteiger partial charge in [-0.3, -0.25) is 0 Å². The first-order valence-corrected chi connectivity index (χ1v) is 9.26. The van der Waals surface area contributed by atoms with Crippen LogP contribution in [0.25, 0.3) is 0 Å². The molecule has 0 aliphatic carbocycles. The summed E-state index contributed by atoms with van der Waals surface area (Å²) in [6.07, 6.45) is -3.90. The van der Waals surface area contributed by atoms with Crippen LogP contribution in [0.2, 0.25) is 0 Å². The van der Waals surface area contributed by atoms with E-state index >= 15 is 0 Å². The van der Waals surface area contributed by atoms with Crippen molar-refractivity contribution in [1.82, 2.24) is 9.21 Å². The molecule has 1 fully saturated rings. The van der Waals surface area contributed by atoms with Gasteiger partial charge < -0.3 is 9.64 Å². The fourth-order valence-electron chi connectivity index (χ4n) is 2.56. The van der Waals surface area contributed by atoms with Gasteiger partial charge in [-0.15, -0.1) is 0 Å². The van der Waals surface area contributed by atoms with Gasteiger partial charge in [0.15, 0.2) is 0 Å². The molecule has 142 valence electrons. The van der Waals surface area contributed by atoms with Crippen molar-refractivity contribution in [2.45, 2.75) is 17.5 Å². The molecule has 0 bridgehead atoms. The van der Waals surface area contributed by atoms with E-state index in [9.17, 15) is 26.0 Å². The fraction of sp³-hybridized carbons (Fsp3) is 0.600. The highest BCUT2D eigenvalue weighted by atomic mass is 32.2. The second kappa shape index (κ2) is 8.43. The first-order valence-electron chi connectivity index (χ1n) is 7.82. The standard InChI is InChI=1S/C15H20F4N2O3S/c16-13-4-1-2-5-14(13)25(22,23)21-9-7-20(8-10-21)6-3-11-24-12-15(17,18)19/h1-2,4-5H,3,6-12H2. The molecular formula is C15H20F4N2O3S. The zero-order chi connectivity index (χ0) is 18.5. The lowest BCUT2D eigenvalue weighted by atomic mass is 10.3. The van der Waals surface area contributed by atoms with Gasteiger partial charge >= 0.3 is 6.18 Å². The van der Waals surface area contributed by atoms with Gasteiger partial charge in [0.1, 0.15) is 17.3 Å². The molecule has 1 saturated heterocycles. The molecule has 0 saturated carbocycles. The lowest BCUT2D eigenvalue weighted by Crippen LogP contribution is -2.49. The van der Waals surface area contributed by atoms with Crippen molar-refractivity contribution in [3.8, 4) is 0 Å². The fourth-order valence-corrected chi connectivity index (χ4v) is 4.05.